The maximum atomic E-state index is 12.0. The number of para-hydroxylation sites is 1. The molecule has 124 valence electrons. The predicted octanol–water partition coefficient (Wildman–Crippen LogP) is 4.05. The minimum absolute atomic E-state index is 0.0469. The smallest absolute Gasteiger partial charge is 0.234 e. The zero-order valence-electron chi connectivity index (χ0n) is 13.4. The van der Waals surface area contributed by atoms with Gasteiger partial charge < -0.3 is 9.73 Å². The summed E-state index contributed by atoms with van der Waals surface area (Å²) in [7, 11) is 0. The van der Waals surface area contributed by atoms with Crippen molar-refractivity contribution < 1.29 is 9.21 Å². The molecule has 1 aromatic heterocycles. The van der Waals surface area contributed by atoms with Crippen LogP contribution in [0.3, 0.4) is 0 Å². The zero-order valence-corrected chi connectivity index (χ0v) is 14.1. The van der Waals surface area contributed by atoms with Crippen LogP contribution in [0.4, 0.5) is 0 Å². The minimum atomic E-state index is -0.0714. The Hall–Kier alpha value is -2.30. The van der Waals surface area contributed by atoms with Crippen molar-refractivity contribution in [2.75, 3.05) is 6.54 Å². The molecule has 3 rings (SSSR count). The third-order valence-corrected chi connectivity index (χ3v) is 4.05. The molecule has 3 aromatic rings. The van der Waals surface area contributed by atoms with E-state index in [9.17, 15) is 4.79 Å². The minimum Gasteiger partial charge on any atom is -0.459 e. The first kappa shape index (κ1) is 16.6. The number of furan rings is 1. The summed E-state index contributed by atoms with van der Waals surface area (Å²) in [6.45, 7) is 2.65. The van der Waals surface area contributed by atoms with Crippen molar-refractivity contribution in [1.29, 1.82) is 0 Å². The molecule has 0 aliphatic carbocycles. The van der Waals surface area contributed by atoms with E-state index in [1.54, 1.807) is 0 Å². The first-order valence-electron chi connectivity index (χ1n) is 7.85. The van der Waals surface area contributed by atoms with E-state index in [1.807, 2.05) is 61.5 Å². The Morgan fingerprint density at radius 3 is 2.79 bits per heavy atom. The summed E-state index contributed by atoms with van der Waals surface area (Å²) in [5.74, 6) is 0.747. The van der Waals surface area contributed by atoms with Crippen molar-refractivity contribution in [2.24, 2.45) is 0 Å². The topological polar surface area (TPSA) is 54.3 Å². The summed E-state index contributed by atoms with van der Waals surface area (Å²) in [6.07, 6.45) is 0. The SMILES string of the molecule is CC(NCC(=O)NCc1cccc(Cl)c1)c1cc2ccccc2o1. The van der Waals surface area contributed by atoms with Gasteiger partial charge in [-0.2, -0.15) is 0 Å². The summed E-state index contributed by atoms with van der Waals surface area (Å²) >= 11 is 5.93. The van der Waals surface area contributed by atoms with Crippen molar-refractivity contribution in [2.45, 2.75) is 19.5 Å². The van der Waals surface area contributed by atoms with Gasteiger partial charge in [0, 0.05) is 17.0 Å². The summed E-state index contributed by atoms with van der Waals surface area (Å²) in [5, 5.41) is 7.77. The van der Waals surface area contributed by atoms with E-state index in [4.69, 9.17) is 16.0 Å². The third-order valence-electron chi connectivity index (χ3n) is 3.82. The molecule has 1 amide bonds. The summed E-state index contributed by atoms with van der Waals surface area (Å²) in [4.78, 5) is 12.0. The van der Waals surface area contributed by atoms with E-state index in [0.29, 0.717) is 11.6 Å². The van der Waals surface area contributed by atoms with Gasteiger partial charge in [-0.3, -0.25) is 10.1 Å². The van der Waals surface area contributed by atoms with Gasteiger partial charge in [0.05, 0.1) is 12.6 Å². The molecule has 24 heavy (non-hydrogen) atoms. The second-order valence-electron chi connectivity index (χ2n) is 5.70. The van der Waals surface area contributed by atoms with Gasteiger partial charge in [0.15, 0.2) is 0 Å². The number of hydrogen-bond donors (Lipinski definition) is 2. The number of carbonyl (C=O) groups is 1. The standard InChI is InChI=1S/C19H19ClN2O2/c1-13(18-10-15-6-2-3-8-17(15)24-18)21-12-19(23)22-11-14-5-4-7-16(20)9-14/h2-10,13,21H,11-12H2,1H3,(H,22,23). The number of amides is 1. The fourth-order valence-electron chi connectivity index (χ4n) is 2.47. The molecule has 0 saturated heterocycles. The van der Waals surface area contributed by atoms with Gasteiger partial charge in [-0.05, 0) is 36.8 Å². The number of fused-ring (bicyclic) bond motifs is 1. The Morgan fingerprint density at radius 1 is 1.17 bits per heavy atom. The molecule has 0 spiro atoms. The molecule has 4 nitrogen and oxygen atoms in total. The highest BCUT2D eigenvalue weighted by atomic mass is 35.5. The average molecular weight is 343 g/mol. The molecule has 5 heteroatoms. The maximum Gasteiger partial charge on any atom is 0.234 e. The monoisotopic (exact) mass is 342 g/mol. The normalized spacial score (nSPS) is 12.2. The molecule has 0 fully saturated rings. The van der Waals surface area contributed by atoms with Crippen molar-refractivity contribution in [3.8, 4) is 0 Å². The lowest BCUT2D eigenvalue weighted by Crippen LogP contribution is -2.34. The molecule has 1 heterocycles. The van der Waals surface area contributed by atoms with Gasteiger partial charge in [0.2, 0.25) is 5.91 Å². The lowest BCUT2D eigenvalue weighted by molar-refractivity contribution is -0.120. The van der Waals surface area contributed by atoms with Crippen LogP contribution < -0.4 is 10.6 Å². The van der Waals surface area contributed by atoms with Gasteiger partial charge in [-0.15, -0.1) is 0 Å². The first-order chi connectivity index (χ1) is 11.6. The number of hydrogen-bond acceptors (Lipinski definition) is 3. The largest absolute Gasteiger partial charge is 0.459 e. The lowest BCUT2D eigenvalue weighted by Gasteiger charge is -2.11. The van der Waals surface area contributed by atoms with Gasteiger partial charge >= 0.3 is 0 Å². The van der Waals surface area contributed by atoms with Crippen molar-refractivity contribution in [3.63, 3.8) is 0 Å². The van der Waals surface area contributed by atoms with Crippen LogP contribution in [0, 0.1) is 0 Å². The van der Waals surface area contributed by atoms with Gasteiger partial charge in [-0.1, -0.05) is 41.9 Å². The van der Waals surface area contributed by atoms with E-state index in [1.165, 1.54) is 0 Å². The van der Waals surface area contributed by atoms with Crippen molar-refractivity contribution >= 4 is 28.5 Å². The van der Waals surface area contributed by atoms with Crippen LogP contribution in [-0.4, -0.2) is 12.5 Å². The van der Waals surface area contributed by atoms with Crippen LogP contribution in [-0.2, 0) is 11.3 Å². The molecule has 0 aliphatic rings. The van der Waals surface area contributed by atoms with E-state index in [0.717, 1.165) is 22.3 Å². The van der Waals surface area contributed by atoms with Crippen LogP contribution in [0.1, 0.15) is 24.3 Å². The molecular formula is C19H19ClN2O2. The molecule has 0 bridgehead atoms. The number of carbonyl (C=O) groups excluding carboxylic acids is 1. The fraction of sp³-hybridized carbons (Fsp3) is 0.211. The van der Waals surface area contributed by atoms with Crippen LogP contribution in [0.5, 0.6) is 0 Å². The Kier molecular flexibility index (Phi) is 5.18. The second-order valence-corrected chi connectivity index (χ2v) is 6.13. The van der Waals surface area contributed by atoms with E-state index in [2.05, 4.69) is 10.6 Å². The highest BCUT2D eigenvalue weighted by molar-refractivity contribution is 6.30. The molecule has 0 radical (unpaired) electrons. The number of rotatable bonds is 6. The Morgan fingerprint density at radius 2 is 2.00 bits per heavy atom. The molecule has 2 N–H and O–H groups in total. The predicted molar refractivity (Wildman–Crippen MR) is 95.9 cm³/mol. The summed E-state index contributed by atoms with van der Waals surface area (Å²) in [5.41, 5.74) is 1.83. The second kappa shape index (κ2) is 7.51. The Balaban J connectivity index is 1.50. The third kappa shape index (κ3) is 4.16. The molecule has 1 unspecified atom stereocenters. The van der Waals surface area contributed by atoms with Crippen LogP contribution in [0.25, 0.3) is 11.0 Å². The molecular weight excluding hydrogens is 324 g/mol. The first-order valence-corrected chi connectivity index (χ1v) is 8.22. The van der Waals surface area contributed by atoms with Crippen molar-refractivity contribution in [1.82, 2.24) is 10.6 Å². The average Bonchev–Trinajstić information content (AvgIpc) is 3.02. The van der Waals surface area contributed by atoms with E-state index in [-0.39, 0.29) is 18.5 Å². The fourth-order valence-corrected chi connectivity index (χ4v) is 2.69. The lowest BCUT2D eigenvalue weighted by atomic mass is 10.2. The Labute approximate surface area is 145 Å². The molecule has 0 saturated carbocycles. The number of halogens is 1. The highest BCUT2D eigenvalue weighted by Gasteiger charge is 2.12. The van der Waals surface area contributed by atoms with E-state index >= 15 is 0 Å². The summed E-state index contributed by atoms with van der Waals surface area (Å²) < 4.78 is 5.80. The Bertz CT molecular complexity index is 811. The molecule has 1 atom stereocenters. The zero-order chi connectivity index (χ0) is 16.9. The molecule has 2 aromatic carbocycles. The highest BCUT2D eigenvalue weighted by Crippen LogP contribution is 2.23. The summed E-state index contributed by atoms with van der Waals surface area (Å²) in [6, 6.07) is 17.2. The van der Waals surface area contributed by atoms with Gasteiger partial charge in [0.1, 0.15) is 11.3 Å². The van der Waals surface area contributed by atoms with E-state index < -0.39 is 0 Å². The van der Waals surface area contributed by atoms with Crippen molar-refractivity contribution in [3.05, 3.63) is 70.9 Å². The maximum absolute atomic E-state index is 12.0. The number of nitrogens with one attached hydrogen (secondary N) is 2. The van der Waals surface area contributed by atoms with Crippen LogP contribution in [0.15, 0.2) is 59.0 Å². The number of benzene rings is 2. The van der Waals surface area contributed by atoms with Gasteiger partial charge in [0.25, 0.3) is 0 Å². The van der Waals surface area contributed by atoms with Gasteiger partial charge in [-0.25, -0.2) is 0 Å². The quantitative estimate of drug-likeness (QED) is 0.710. The van der Waals surface area contributed by atoms with Crippen LogP contribution in [0.2, 0.25) is 5.02 Å². The van der Waals surface area contributed by atoms with Crippen LogP contribution >= 0.6 is 11.6 Å². The molecule has 0 aliphatic heterocycles.